The number of hydrogen-bond donors (Lipinski definition) is 1. The minimum Gasteiger partial charge on any atom is -0.490 e. The third kappa shape index (κ3) is 4.56. The molecule has 4 aromatic rings. The van der Waals surface area contributed by atoms with Gasteiger partial charge < -0.3 is 20.1 Å². The van der Waals surface area contributed by atoms with Gasteiger partial charge >= 0.3 is 0 Å². The summed E-state index contributed by atoms with van der Waals surface area (Å²) in [7, 11) is 0. The molecule has 0 bridgehead atoms. The van der Waals surface area contributed by atoms with Crippen molar-refractivity contribution in [3.63, 3.8) is 0 Å². The Morgan fingerprint density at radius 1 is 0.971 bits per heavy atom. The summed E-state index contributed by atoms with van der Waals surface area (Å²) in [5.74, 6) is 1.58. The summed E-state index contributed by atoms with van der Waals surface area (Å²) in [5, 5.41) is 4.84. The van der Waals surface area contributed by atoms with E-state index in [0.717, 1.165) is 76.6 Å². The summed E-state index contributed by atoms with van der Waals surface area (Å²) in [4.78, 5) is 12.1. The highest BCUT2D eigenvalue weighted by molar-refractivity contribution is 7.14. The van der Waals surface area contributed by atoms with Crippen molar-refractivity contribution < 1.29 is 9.47 Å². The molecule has 2 aromatic heterocycles. The van der Waals surface area contributed by atoms with Crippen molar-refractivity contribution in [3.05, 3.63) is 59.1 Å². The predicted octanol–water partition coefficient (Wildman–Crippen LogP) is 6.58. The molecule has 1 aliphatic heterocycles. The second-order valence-corrected chi connectivity index (χ2v) is 10.4. The molecular weight excluding hydrogens is 480 g/mol. The molecule has 3 heterocycles. The quantitative estimate of drug-likeness (QED) is 0.337. The molecule has 2 aromatic carbocycles. The summed E-state index contributed by atoms with van der Waals surface area (Å²) < 4.78 is 11.7. The minimum atomic E-state index is 0.273. The molecule has 0 radical (unpaired) electrons. The highest BCUT2D eigenvalue weighted by atomic mass is 35.5. The standard InChI is InChI=1S/C27H27ClN4O2S/c28-18-3-8-21-22(15-18)30-11-10-24(21)32(20-6-4-19(29)5-7-20)27-31-23(16-35-27)17-2-9-25-26(14-17)34-13-1-12-33-25/h2-3,8-11,14-16,19-20H,1,4-7,12-13,29H2. The Bertz CT molecular complexity index is 1350. The lowest BCUT2D eigenvalue weighted by atomic mass is 9.90. The molecule has 0 unspecified atom stereocenters. The maximum absolute atomic E-state index is 6.27. The maximum atomic E-state index is 6.27. The van der Waals surface area contributed by atoms with Crippen molar-refractivity contribution >= 4 is 44.7 Å². The first kappa shape index (κ1) is 22.6. The van der Waals surface area contributed by atoms with Crippen LogP contribution < -0.4 is 20.1 Å². The number of rotatable bonds is 4. The summed E-state index contributed by atoms with van der Waals surface area (Å²) in [6, 6.07) is 14.6. The zero-order chi connectivity index (χ0) is 23.8. The molecule has 0 amide bonds. The van der Waals surface area contributed by atoms with Crippen LogP contribution in [0.4, 0.5) is 10.8 Å². The summed E-state index contributed by atoms with van der Waals surface area (Å²) >= 11 is 7.93. The Hall–Kier alpha value is -2.87. The molecule has 180 valence electrons. The number of fused-ring (bicyclic) bond motifs is 2. The first-order valence-electron chi connectivity index (χ1n) is 12.1. The summed E-state index contributed by atoms with van der Waals surface area (Å²) in [6.45, 7) is 1.34. The molecule has 0 spiro atoms. The second kappa shape index (κ2) is 9.64. The Kier molecular flexibility index (Phi) is 6.22. The highest BCUT2D eigenvalue weighted by Gasteiger charge is 2.29. The zero-order valence-electron chi connectivity index (χ0n) is 19.3. The van der Waals surface area contributed by atoms with Crippen LogP contribution >= 0.6 is 22.9 Å². The van der Waals surface area contributed by atoms with Crippen molar-refractivity contribution in [2.45, 2.75) is 44.2 Å². The van der Waals surface area contributed by atoms with Crippen LogP contribution in [-0.2, 0) is 0 Å². The van der Waals surface area contributed by atoms with Gasteiger partial charge in [0.25, 0.3) is 0 Å². The number of pyridine rings is 1. The van der Waals surface area contributed by atoms with Crippen LogP contribution in [0.25, 0.3) is 22.2 Å². The number of aromatic nitrogens is 2. The van der Waals surface area contributed by atoms with Gasteiger partial charge in [-0.1, -0.05) is 11.6 Å². The number of nitrogens with zero attached hydrogens (tertiary/aromatic N) is 3. The van der Waals surface area contributed by atoms with E-state index in [1.165, 1.54) is 0 Å². The normalized spacial score (nSPS) is 19.9. The van der Waals surface area contributed by atoms with E-state index in [-0.39, 0.29) is 6.04 Å². The van der Waals surface area contributed by atoms with Gasteiger partial charge in [0.05, 0.1) is 30.1 Å². The first-order valence-corrected chi connectivity index (χ1v) is 13.4. The van der Waals surface area contributed by atoms with E-state index in [1.807, 2.05) is 30.5 Å². The van der Waals surface area contributed by atoms with Crippen LogP contribution in [-0.4, -0.2) is 35.3 Å². The minimum absolute atomic E-state index is 0.273. The van der Waals surface area contributed by atoms with Crippen molar-refractivity contribution in [1.29, 1.82) is 0 Å². The van der Waals surface area contributed by atoms with Gasteiger partial charge in [-0.3, -0.25) is 4.98 Å². The molecule has 1 fully saturated rings. The molecule has 0 saturated heterocycles. The fourth-order valence-electron chi connectivity index (χ4n) is 4.96. The van der Waals surface area contributed by atoms with Gasteiger partial charge in [-0.25, -0.2) is 4.98 Å². The lowest BCUT2D eigenvalue weighted by Gasteiger charge is -2.36. The SMILES string of the molecule is NC1CCC(N(c2nc(-c3ccc4c(c3)OCCCO4)cs2)c2ccnc3cc(Cl)ccc23)CC1. The smallest absolute Gasteiger partial charge is 0.190 e. The Morgan fingerprint density at radius 2 is 1.80 bits per heavy atom. The van der Waals surface area contributed by atoms with Gasteiger partial charge in [-0.15, -0.1) is 11.3 Å². The molecule has 2 aliphatic rings. The predicted molar refractivity (Wildman–Crippen MR) is 142 cm³/mol. The lowest BCUT2D eigenvalue weighted by Crippen LogP contribution is -2.38. The second-order valence-electron chi connectivity index (χ2n) is 9.16. The van der Waals surface area contributed by atoms with Crippen LogP contribution in [0.3, 0.4) is 0 Å². The average Bonchev–Trinajstić information content (AvgIpc) is 3.23. The number of benzene rings is 2. The van der Waals surface area contributed by atoms with Crippen LogP contribution in [0, 0.1) is 0 Å². The van der Waals surface area contributed by atoms with Gasteiger partial charge in [0, 0.05) is 46.1 Å². The Morgan fingerprint density at radius 3 is 2.66 bits per heavy atom. The average molecular weight is 507 g/mol. The highest BCUT2D eigenvalue weighted by Crippen LogP contribution is 2.41. The van der Waals surface area contributed by atoms with Gasteiger partial charge in [0.1, 0.15) is 0 Å². The van der Waals surface area contributed by atoms with Crippen LogP contribution in [0.2, 0.25) is 5.02 Å². The maximum Gasteiger partial charge on any atom is 0.190 e. The summed E-state index contributed by atoms with van der Waals surface area (Å²) in [5.41, 5.74) is 10.2. The molecule has 6 nitrogen and oxygen atoms in total. The largest absolute Gasteiger partial charge is 0.490 e. The van der Waals surface area contributed by atoms with Crippen molar-refractivity contribution in [3.8, 4) is 22.8 Å². The van der Waals surface area contributed by atoms with Gasteiger partial charge in [-0.05, 0) is 68.1 Å². The van der Waals surface area contributed by atoms with E-state index in [0.29, 0.717) is 24.3 Å². The summed E-state index contributed by atoms with van der Waals surface area (Å²) in [6.07, 6.45) is 6.81. The van der Waals surface area contributed by atoms with E-state index in [9.17, 15) is 0 Å². The van der Waals surface area contributed by atoms with Crippen LogP contribution in [0.5, 0.6) is 11.5 Å². The molecule has 8 heteroatoms. The number of thiazole rings is 1. The van der Waals surface area contributed by atoms with Gasteiger partial charge in [0.2, 0.25) is 0 Å². The lowest BCUT2D eigenvalue weighted by molar-refractivity contribution is 0.297. The number of halogens is 1. The molecule has 6 rings (SSSR count). The molecule has 0 atom stereocenters. The fraction of sp³-hybridized carbons (Fsp3) is 0.333. The van der Waals surface area contributed by atoms with Crippen LogP contribution in [0.1, 0.15) is 32.1 Å². The number of nitrogens with two attached hydrogens (primary N) is 1. The van der Waals surface area contributed by atoms with E-state index in [2.05, 4.69) is 33.5 Å². The first-order chi connectivity index (χ1) is 17.2. The van der Waals surface area contributed by atoms with Crippen molar-refractivity contribution in [2.24, 2.45) is 5.73 Å². The molecule has 35 heavy (non-hydrogen) atoms. The number of ether oxygens (including phenoxy) is 2. The third-order valence-electron chi connectivity index (χ3n) is 6.79. The molecule has 2 N–H and O–H groups in total. The van der Waals surface area contributed by atoms with E-state index < -0.39 is 0 Å². The van der Waals surface area contributed by atoms with Crippen LogP contribution in [0.15, 0.2) is 54.0 Å². The topological polar surface area (TPSA) is 73.5 Å². The Labute approximate surface area is 213 Å². The van der Waals surface area contributed by atoms with E-state index >= 15 is 0 Å². The van der Waals surface area contributed by atoms with Crippen molar-refractivity contribution in [1.82, 2.24) is 9.97 Å². The third-order valence-corrected chi connectivity index (χ3v) is 7.86. The molecule has 1 aliphatic carbocycles. The van der Waals surface area contributed by atoms with E-state index in [1.54, 1.807) is 11.3 Å². The van der Waals surface area contributed by atoms with E-state index in [4.69, 9.17) is 31.8 Å². The van der Waals surface area contributed by atoms with Gasteiger partial charge in [0.15, 0.2) is 16.6 Å². The number of anilines is 2. The molecular formula is C27H27ClN4O2S. The molecule has 1 saturated carbocycles. The zero-order valence-corrected chi connectivity index (χ0v) is 20.9. The fourth-order valence-corrected chi connectivity index (χ4v) is 6.05. The van der Waals surface area contributed by atoms with Gasteiger partial charge in [-0.2, -0.15) is 0 Å². The monoisotopic (exact) mass is 506 g/mol. The Balaban J connectivity index is 1.41. The van der Waals surface area contributed by atoms with Crippen molar-refractivity contribution in [2.75, 3.05) is 18.1 Å². The number of hydrogen-bond acceptors (Lipinski definition) is 7.